The largest absolute Gasteiger partial charge is 0.366 e. The molecule has 0 aliphatic carbocycles. The molecular weight excluding hydrogens is 280 g/mol. The lowest BCUT2D eigenvalue weighted by Gasteiger charge is -2.06. The number of rotatable bonds is 6. The first-order valence-electron chi connectivity index (χ1n) is 5.87. The summed E-state index contributed by atoms with van der Waals surface area (Å²) in [5.41, 5.74) is 5.36. The molecule has 20 heavy (non-hydrogen) atoms. The molecule has 0 spiro atoms. The van der Waals surface area contributed by atoms with Crippen molar-refractivity contribution < 1.29 is 13.2 Å². The number of amides is 1. The maximum absolute atomic E-state index is 12.0. The second-order valence-corrected chi connectivity index (χ2v) is 5.84. The average Bonchev–Trinajstić information content (AvgIpc) is 2.92. The second kappa shape index (κ2) is 5.85. The van der Waals surface area contributed by atoms with Crippen LogP contribution >= 0.6 is 0 Å². The molecule has 1 aromatic heterocycles. The third-order valence-electron chi connectivity index (χ3n) is 2.66. The molecule has 0 unspecified atom stereocenters. The van der Waals surface area contributed by atoms with Crippen LogP contribution in [0.15, 0.2) is 41.6 Å². The van der Waals surface area contributed by atoms with Crippen LogP contribution in [0.1, 0.15) is 16.2 Å². The van der Waals surface area contributed by atoms with Gasteiger partial charge in [-0.2, -0.15) is 0 Å². The summed E-state index contributed by atoms with van der Waals surface area (Å²) in [6.07, 6.45) is 3.74. The smallest absolute Gasteiger partial charge is 0.248 e. The van der Waals surface area contributed by atoms with Crippen molar-refractivity contribution in [2.24, 2.45) is 5.73 Å². The van der Waals surface area contributed by atoms with E-state index in [0.717, 1.165) is 0 Å². The van der Waals surface area contributed by atoms with E-state index in [0.29, 0.717) is 12.2 Å². The van der Waals surface area contributed by atoms with Gasteiger partial charge in [0.1, 0.15) is 5.82 Å². The van der Waals surface area contributed by atoms with Crippen molar-refractivity contribution >= 4 is 15.9 Å². The average molecular weight is 294 g/mol. The van der Waals surface area contributed by atoms with Gasteiger partial charge in [0.05, 0.1) is 4.90 Å². The summed E-state index contributed by atoms with van der Waals surface area (Å²) in [6, 6.07) is 5.44. The number of hydrogen-bond donors (Lipinski definition) is 3. The van der Waals surface area contributed by atoms with Crippen LogP contribution in [0.25, 0.3) is 0 Å². The number of carbonyl (C=O) groups is 1. The van der Waals surface area contributed by atoms with Crippen molar-refractivity contribution in [2.45, 2.75) is 11.3 Å². The first kappa shape index (κ1) is 14.2. The van der Waals surface area contributed by atoms with E-state index in [2.05, 4.69) is 14.7 Å². The number of H-pyrrole nitrogens is 1. The Kier molecular flexibility index (Phi) is 4.16. The van der Waals surface area contributed by atoms with Gasteiger partial charge >= 0.3 is 0 Å². The second-order valence-electron chi connectivity index (χ2n) is 4.07. The zero-order valence-corrected chi connectivity index (χ0v) is 11.4. The number of sulfonamides is 1. The Hall–Kier alpha value is -2.19. The molecule has 0 radical (unpaired) electrons. The molecule has 1 amide bonds. The van der Waals surface area contributed by atoms with Crippen LogP contribution in [0.2, 0.25) is 0 Å². The first-order chi connectivity index (χ1) is 9.49. The van der Waals surface area contributed by atoms with E-state index in [-0.39, 0.29) is 17.0 Å². The van der Waals surface area contributed by atoms with E-state index in [4.69, 9.17) is 5.73 Å². The van der Waals surface area contributed by atoms with E-state index in [1.165, 1.54) is 24.3 Å². The Morgan fingerprint density at radius 2 is 2.00 bits per heavy atom. The van der Waals surface area contributed by atoms with Gasteiger partial charge in [-0.05, 0) is 24.3 Å². The number of imidazole rings is 1. The molecule has 0 saturated carbocycles. The third-order valence-corrected chi connectivity index (χ3v) is 4.13. The highest BCUT2D eigenvalue weighted by atomic mass is 32.2. The van der Waals surface area contributed by atoms with Gasteiger partial charge < -0.3 is 10.7 Å². The van der Waals surface area contributed by atoms with Crippen LogP contribution in [-0.2, 0) is 16.4 Å². The Bertz CT molecular complexity index is 678. The van der Waals surface area contributed by atoms with Gasteiger partial charge in [0.25, 0.3) is 0 Å². The number of nitrogens with zero attached hydrogens (tertiary/aromatic N) is 1. The van der Waals surface area contributed by atoms with E-state index < -0.39 is 15.9 Å². The molecule has 0 atom stereocenters. The van der Waals surface area contributed by atoms with Crippen LogP contribution in [0.3, 0.4) is 0 Å². The minimum absolute atomic E-state index is 0.0851. The number of nitrogens with one attached hydrogen (secondary N) is 2. The van der Waals surface area contributed by atoms with Gasteiger partial charge in [0.2, 0.25) is 15.9 Å². The molecule has 0 bridgehead atoms. The lowest BCUT2D eigenvalue weighted by atomic mass is 10.2. The number of primary amides is 1. The van der Waals surface area contributed by atoms with E-state index >= 15 is 0 Å². The zero-order valence-electron chi connectivity index (χ0n) is 10.5. The standard InChI is InChI=1S/C12H14N4O3S/c13-12(17)9-1-3-10(4-2-9)20(18,19)16-6-5-11-14-7-8-15-11/h1-4,7-8,16H,5-6H2,(H2,13,17)(H,14,15). The van der Waals surface area contributed by atoms with Gasteiger partial charge in [-0.15, -0.1) is 0 Å². The summed E-state index contributed by atoms with van der Waals surface area (Å²) in [7, 11) is -3.60. The number of carbonyl (C=O) groups excluding carboxylic acids is 1. The molecule has 1 heterocycles. The van der Waals surface area contributed by atoms with Crippen molar-refractivity contribution in [1.82, 2.24) is 14.7 Å². The number of hydrogen-bond acceptors (Lipinski definition) is 4. The van der Waals surface area contributed by atoms with Crippen LogP contribution in [-0.4, -0.2) is 30.8 Å². The lowest BCUT2D eigenvalue weighted by molar-refractivity contribution is 0.1000. The van der Waals surface area contributed by atoms with Crippen molar-refractivity contribution in [3.63, 3.8) is 0 Å². The minimum atomic E-state index is -3.60. The summed E-state index contributed by atoms with van der Waals surface area (Å²) >= 11 is 0. The van der Waals surface area contributed by atoms with Crippen molar-refractivity contribution in [1.29, 1.82) is 0 Å². The molecule has 8 heteroatoms. The van der Waals surface area contributed by atoms with Crippen LogP contribution in [0.4, 0.5) is 0 Å². The molecule has 1 aromatic carbocycles. The fourth-order valence-corrected chi connectivity index (χ4v) is 2.65. The fraction of sp³-hybridized carbons (Fsp3) is 0.167. The normalized spacial score (nSPS) is 11.4. The van der Waals surface area contributed by atoms with Crippen molar-refractivity contribution in [3.05, 3.63) is 48.0 Å². The number of benzene rings is 1. The third kappa shape index (κ3) is 3.43. The number of aromatic nitrogens is 2. The molecule has 2 aromatic rings. The van der Waals surface area contributed by atoms with Gasteiger partial charge in [0, 0.05) is 30.9 Å². The molecule has 7 nitrogen and oxygen atoms in total. The molecule has 0 aliphatic heterocycles. The Morgan fingerprint density at radius 1 is 1.30 bits per heavy atom. The SMILES string of the molecule is NC(=O)c1ccc(S(=O)(=O)NCCc2ncc[nH]2)cc1. The number of aromatic amines is 1. The quantitative estimate of drug-likeness (QED) is 0.696. The van der Waals surface area contributed by atoms with Crippen molar-refractivity contribution in [3.8, 4) is 0 Å². The molecule has 2 rings (SSSR count). The van der Waals surface area contributed by atoms with Gasteiger partial charge in [-0.1, -0.05) is 0 Å². The molecular formula is C12H14N4O3S. The summed E-state index contributed by atoms with van der Waals surface area (Å²) in [5.74, 6) is 0.108. The predicted octanol–water partition coefficient (Wildman–Crippen LogP) is 0.0296. The maximum Gasteiger partial charge on any atom is 0.248 e. The van der Waals surface area contributed by atoms with Crippen LogP contribution in [0, 0.1) is 0 Å². The predicted molar refractivity (Wildman–Crippen MR) is 72.4 cm³/mol. The minimum Gasteiger partial charge on any atom is -0.366 e. The highest BCUT2D eigenvalue weighted by Gasteiger charge is 2.14. The van der Waals surface area contributed by atoms with Crippen LogP contribution < -0.4 is 10.5 Å². The van der Waals surface area contributed by atoms with Crippen LogP contribution in [0.5, 0.6) is 0 Å². The first-order valence-corrected chi connectivity index (χ1v) is 7.35. The molecule has 106 valence electrons. The van der Waals surface area contributed by atoms with Gasteiger partial charge in [-0.3, -0.25) is 4.79 Å². The van der Waals surface area contributed by atoms with Crippen molar-refractivity contribution in [2.75, 3.05) is 6.54 Å². The summed E-state index contributed by atoms with van der Waals surface area (Å²) in [6.45, 7) is 0.230. The monoisotopic (exact) mass is 294 g/mol. The molecule has 0 aliphatic rings. The van der Waals surface area contributed by atoms with Gasteiger partial charge in [-0.25, -0.2) is 18.1 Å². The lowest BCUT2D eigenvalue weighted by Crippen LogP contribution is -2.26. The Balaban J connectivity index is 2.00. The molecule has 0 saturated heterocycles. The van der Waals surface area contributed by atoms with E-state index in [1.807, 2.05) is 0 Å². The molecule has 0 fully saturated rings. The van der Waals surface area contributed by atoms with Gasteiger partial charge in [0.15, 0.2) is 0 Å². The Labute approximate surface area is 116 Å². The highest BCUT2D eigenvalue weighted by Crippen LogP contribution is 2.10. The highest BCUT2D eigenvalue weighted by molar-refractivity contribution is 7.89. The fourth-order valence-electron chi connectivity index (χ4n) is 1.62. The van der Waals surface area contributed by atoms with E-state index in [9.17, 15) is 13.2 Å². The zero-order chi connectivity index (χ0) is 14.6. The Morgan fingerprint density at radius 3 is 2.55 bits per heavy atom. The van der Waals surface area contributed by atoms with E-state index in [1.54, 1.807) is 12.4 Å². The summed E-state index contributed by atoms with van der Waals surface area (Å²) < 4.78 is 26.4. The maximum atomic E-state index is 12.0. The molecule has 4 N–H and O–H groups in total. The summed E-state index contributed by atoms with van der Waals surface area (Å²) in [5, 5.41) is 0. The number of nitrogens with two attached hydrogens (primary N) is 1. The topological polar surface area (TPSA) is 118 Å². The summed E-state index contributed by atoms with van der Waals surface area (Å²) in [4.78, 5) is 17.9.